The molecular formula is C16H20F4O3S. The predicted octanol–water partition coefficient (Wildman–Crippen LogP) is 3.10. The molecule has 24 heavy (non-hydrogen) atoms. The predicted molar refractivity (Wildman–Crippen MR) is 83.2 cm³/mol. The number of benzene rings is 1. The van der Waals surface area contributed by atoms with Gasteiger partial charge in [-0.25, -0.2) is 4.39 Å². The molecule has 0 radical (unpaired) electrons. The molecule has 8 heteroatoms. The van der Waals surface area contributed by atoms with Gasteiger partial charge >= 0.3 is 6.18 Å². The second kappa shape index (κ2) is 6.38. The molecule has 1 unspecified atom stereocenters. The number of halogens is 4. The van der Waals surface area contributed by atoms with E-state index in [9.17, 15) is 27.2 Å². The molecular weight excluding hydrogens is 348 g/mol. The van der Waals surface area contributed by atoms with Gasteiger partial charge in [-0.1, -0.05) is 25.0 Å². The van der Waals surface area contributed by atoms with Crippen LogP contribution >= 0.6 is 0 Å². The maximum Gasteiger partial charge on any atom is 0.421 e. The van der Waals surface area contributed by atoms with E-state index in [0.29, 0.717) is 24.3 Å². The van der Waals surface area contributed by atoms with Gasteiger partial charge in [-0.05, 0) is 24.0 Å². The van der Waals surface area contributed by atoms with Crippen molar-refractivity contribution in [1.29, 1.82) is 0 Å². The minimum atomic E-state index is -4.95. The Morgan fingerprint density at radius 1 is 1.29 bits per heavy atom. The molecule has 1 heterocycles. The van der Waals surface area contributed by atoms with E-state index in [4.69, 9.17) is 4.74 Å². The summed E-state index contributed by atoms with van der Waals surface area (Å²) in [5.41, 5.74) is -3.49. The second-order valence-corrected chi connectivity index (χ2v) is 8.28. The SMILES string of the molecule is C[S@+]([O-])CC(O)(CC(C)(C)c1cc(F)cc2c1OCC2)C(F)(F)F. The molecule has 1 aromatic rings. The van der Waals surface area contributed by atoms with Gasteiger partial charge in [0, 0.05) is 17.5 Å². The molecule has 1 aromatic carbocycles. The largest absolute Gasteiger partial charge is 0.616 e. The summed E-state index contributed by atoms with van der Waals surface area (Å²) in [5.74, 6) is -1.11. The number of hydrogen-bond donors (Lipinski definition) is 1. The van der Waals surface area contributed by atoms with Crippen molar-refractivity contribution in [3.05, 3.63) is 29.1 Å². The van der Waals surface area contributed by atoms with Gasteiger partial charge in [-0.3, -0.25) is 0 Å². The molecule has 0 fully saturated rings. The summed E-state index contributed by atoms with van der Waals surface area (Å²) in [7, 11) is 0. The lowest BCUT2D eigenvalue weighted by atomic mass is 9.74. The zero-order chi connectivity index (χ0) is 18.3. The van der Waals surface area contributed by atoms with Crippen LogP contribution in [-0.4, -0.2) is 40.1 Å². The molecule has 0 saturated carbocycles. The zero-order valence-corrected chi connectivity index (χ0v) is 14.5. The molecule has 3 nitrogen and oxygen atoms in total. The molecule has 0 spiro atoms. The van der Waals surface area contributed by atoms with E-state index in [2.05, 4.69) is 0 Å². The van der Waals surface area contributed by atoms with Crippen LogP contribution in [0.5, 0.6) is 5.75 Å². The third-order valence-electron chi connectivity index (χ3n) is 4.18. The lowest BCUT2D eigenvalue weighted by molar-refractivity contribution is -0.257. The zero-order valence-electron chi connectivity index (χ0n) is 13.7. The highest BCUT2D eigenvalue weighted by molar-refractivity contribution is 7.90. The highest BCUT2D eigenvalue weighted by atomic mass is 32.2. The fourth-order valence-electron chi connectivity index (χ4n) is 3.17. The van der Waals surface area contributed by atoms with Crippen LogP contribution < -0.4 is 4.74 Å². The number of ether oxygens (including phenoxy) is 1. The van der Waals surface area contributed by atoms with Crippen LogP contribution in [0.2, 0.25) is 0 Å². The third kappa shape index (κ3) is 3.81. The molecule has 0 aliphatic carbocycles. The van der Waals surface area contributed by atoms with Gasteiger partial charge in [-0.15, -0.1) is 0 Å². The van der Waals surface area contributed by atoms with Crippen molar-refractivity contribution in [2.45, 2.75) is 43.9 Å². The van der Waals surface area contributed by atoms with Crippen LogP contribution in [-0.2, 0) is 23.0 Å². The highest BCUT2D eigenvalue weighted by Crippen LogP contribution is 2.46. The fourth-order valence-corrected chi connectivity index (χ4v) is 4.11. The van der Waals surface area contributed by atoms with E-state index in [1.165, 1.54) is 19.9 Å². The smallest absolute Gasteiger partial charge is 0.421 e. The van der Waals surface area contributed by atoms with E-state index < -0.39 is 46.4 Å². The van der Waals surface area contributed by atoms with Crippen molar-refractivity contribution in [3.8, 4) is 5.75 Å². The minimum Gasteiger partial charge on any atom is -0.616 e. The summed E-state index contributed by atoms with van der Waals surface area (Å²) in [5, 5.41) is 10.2. The summed E-state index contributed by atoms with van der Waals surface area (Å²) in [4.78, 5) is 0. The molecule has 1 aliphatic rings. The summed E-state index contributed by atoms with van der Waals surface area (Å²) in [6.45, 7) is 3.31. The molecule has 0 aromatic heterocycles. The number of fused-ring (bicyclic) bond motifs is 1. The normalized spacial score (nSPS) is 18.7. The van der Waals surface area contributed by atoms with E-state index in [0.717, 1.165) is 12.3 Å². The van der Waals surface area contributed by atoms with Crippen molar-refractivity contribution in [3.63, 3.8) is 0 Å². The Bertz CT molecular complexity index is 616. The third-order valence-corrected chi connectivity index (χ3v) is 5.07. The fraction of sp³-hybridized carbons (Fsp3) is 0.625. The highest BCUT2D eigenvalue weighted by Gasteiger charge is 2.58. The van der Waals surface area contributed by atoms with Gasteiger partial charge < -0.3 is 14.4 Å². The van der Waals surface area contributed by atoms with Gasteiger partial charge in [0.1, 0.15) is 17.3 Å². The standard InChI is InChI=1S/C16H20F4O3S/c1-14(2,8-15(21,9-24(3)22)16(18,19)20)12-7-11(17)6-10-4-5-23-13(10)12/h6-7,21H,4-5,8-9H2,1-3H3/t15?,24-/m0/s1. The Labute approximate surface area is 141 Å². The van der Waals surface area contributed by atoms with Crippen molar-refractivity contribution in [1.82, 2.24) is 0 Å². The van der Waals surface area contributed by atoms with Crippen LogP contribution in [0.15, 0.2) is 12.1 Å². The molecule has 1 aliphatic heterocycles. The first-order valence-electron chi connectivity index (χ1n) is 7.40. The molecule has 2 rings (SSSR count). The first-order chi connectivity index (χ1) is 10.9. The number of alkyl halides is 3. The molecule has 0 bridgehead atoms. The van der Waals surface area contributed by atoms with Gasteiger partial charge in [0.2, 0.25) is 5.60 Å². The first-order valence-corrected chi connectivity index (χ1v) is 9.13. The Morgan fingerprint density at radius 2 is 1.92 bits per heavy atom. The average molecular weight is 368 g/mol. The lowest BCUT2D eigenvalue weighted by Crippen LogP contribution is -2.53. The van der Waals surface area contributed by atoms with E-state index in [1.807, 2.05) is 0 Å². The van der Waals surface area contributed by atoms with Gasteiger partial charge in [0.05, 0.1) is 12.9 Å². The number of aliphatic hydroxyl groups is 1. The average Bonchev–Trinajstić information content (AvgIpc) is 2.82. The molecule has 0 amide bonds. The Balaban J connectivity index is 2.43. The summed E-state index contributed by atoms with van der Waals surface area (Å²) in [6.07, 6.45) is -4.11. The molecule has 0 saturated heterocycles. The summed E-state index contributed by atoms with van der Waals surface area (Å²) < 4.78 is 70.8. The lowest BCUT2D eigenvalue weighted by Gasteiger charge is -2.37. The molecule has 2 atom stereocenters. The maximum atomic E-state index is 13.8. The van der Waals surface area contributed by atoms with E-state index in [1.54, 1.807) is 0 Å². The van der Waals surface area contributed by atoms with Crippen molar-refractivity contribution < 1.29 is 32.0 Å². The van der Waals surface area contributed by atoms with Crippen LogP contribution in [0.3, 0.4) is 0 Å². The Kier molecular flexibility index (Phi) is 5.14. The Hall–Kier alpha value is -0.990. The van der Waals surface area contributed by atoms with Gasteiger partial charge in [0.15, 0.2) is 0 Å². The minimum absolute atomic E-state index is 0.277. The van der Waals surface area contributed by atoms with Crippen LogP contribution in [0.4, 0.5) is 17.6 Å². The van der Waals surface area contributed by atoms with Gasteiger partial charge in [0.25, 0.3) is 0 Å². The monoisotopic (exact) mass is 368 g/mol. The first kappa shape index (κ1) is 19.3. The molecule has 136 valence electrons. The topological polar surface area (TPSA) is 52.5 Å². The van der Waals surface area contributed by atoms with E-state index >= 15 is 0 Å². The van der Waals surface area contributed by atoms with Crippen molar-refractivity contribution in [2.24, 2.45) is 0 Å². The van der Waals surface area contributed by atoms with Crippen molar-refractivity contribution in [2.75, 3.05) is 18.6 Å². The second-order valence-electron chi connectivity index (χ2n) is 6.85. The van der Waals surface area contributed by atoms with Gasteiger partial charge in [-0.2, -0.15) is 13.2 Å². The number of hydrogen-bond acceptors (Lipinski definition) is 3. The summed E-state index contributed by atoms with van der Waals surface area (Å²) >= 11 is -1.85. The van der Waals surface area contributed by atoms with Crippen LogP contribution in [0.25, 0.3) is 0 Å². The quantitative estimate of drug-likeness (QED) is 0.642. The van der Waals surface area contributed by atoms with Crippen LogP contribution in [0.1, 0.15) is 31.4 Å². The summed E-state index contributed by atoms with van der Waals surface area (Å²) in [6, 6.07) is 2.45. The number of rotatable bonds is 5. The molecule has 1 N–H and O–H groups in total. The van der Waals surface area contributed by atoms with E-state index in [-0.39, 0.29) is 5.56 Å². The van der Waals surface area contributed by atoms with Crippen LogP contribution in [0, 0.1) is 5.82 Å². The van der Waals surface area contributed by atoms with Crippen molar-refractivity contribution >= 4 is 11.2 Å². The maximum absolute atomic E-state index is 13.8. The Morgan fingerprint density at radius 3 is 2.46 bits per heavy atom.